The minimum Gasteiger partial charge on any atom is -0.481 e. The maximum Gasteiger partial charge on any atom is 0.216 e. The van der Waals surface area contributed by atoms with Crippen LogP contribution >= 0.6 is 0 Å². The number of nitrogens with zero attached hydrogens (tertiary/aromatic N) is 3. The van der Waals surface area contributed by atoms with Gasteiger partial charge in [0.1, 0.15) is 0 Å². The molecule has 0 bridgehead atoms. The van der Waals surface area contributed by atoms with Crippen LogP contribution in [0.15, 0.2) is 48.5 Å². The molecular weight excluding hydrogens is 346 g/mol. The van der Waals surface area contributed by atoms with Gasteiger partial charge in [0.25, 0.3) is 0 Å². The molecule has 1 heterocycles. The Labute approximate surface area is 166 Å². The molecule has 140 valence electrons. The van der Waals surface area contributed by atoms with Gasteiger partial charge in [-0.15, -0.1) is 0 Å². The van der Waals surface area contributed by atoms with Gasteiger partial charge < -0.3 is 4.74 Å². The molecule has 0 radical (unpaired) electrons. The summed E-state index contributed by atoms with van der Waals surface area (Å²) in [5, 5.41) is 19.9. The first kappa shape index (κ1) is 19.4. The monoisotopic (exact) mass is 369 g/mol. The van der Waals surface area contributed by atoms with Gasteiger partial charge in [0.15, 0.2) is 0 Å². The van der Waals surface area contributed by atoms with Gasteiger partial charge in [0.05, 0.1) is 36.6 Å². The van der Waals surface area contributed by atoms with E-state index in [0.717, 1.165) is 39.6 Å². The van der Waals surface area contributed by atoms with Crippen LogP contribution in [0.5, 0.6) is 5.88 Å². The molecule has 0 fully saturated rings. The lowest BCUT2D eigenvalue weighted by molar-refractivity contribution is 0.395. The molecule has 3 rings (SSSR count). The second-order valence-corrected chi connectivity index (χ2v) is 7.19. The van der Waals surface area contributed by atoms with Gasteiger partial charge in [-0.25, -0.2) is 4.98 Å². The van der Waals surface area contributed by atoms with Crippen LogP contribution in [0.3, 0.4) is 0 Å². The third-order valence-electron chi connectivity index (χ3n) is 5.15. The second-order valence-electron chi connectivity index (χ2n) is 7.19. The molecular formula is C24H23N3O. The number of nitriles is 2. The number of rotatable bonds is 6. The Morgan fingerprint density at radius 3 is 2.54 bits per heavy atom. The summed E-state index contributed by atoms with van der Waals surface area (Å²) in [6.07, 6.45) is 1.79. The van der Waals surface area contributed by atoms with E-state index < -0.39 is 5.41 Å². The Balaban J connectivity index is 2.01. The van der Waals surface area contributed by atoms with E-state index in [1.807, 2.05) is 49.4 Å². The smallest absolute Gasteiger partial charge is 0.216 e. The molecule has 4 nitrogen and oxygen atoms in total. The van der Waals surface area contributed by atoms with Crippen molar-refractivity contribution in [1.29, 1.82) is 10.5 Å². The summed E-state index contributed by atoms with van der Waals surface area (Å²) in [5.74, 6) is 0.634. The standard InChI is InChI=1S/C24H23N3O/c1-4-19-13-20-8-9-21(14-22(20)27-23(19)28-3)24(2,16-26)15-18-7-5-6-17(12-18)10-11-25/h5-9,12-14H,4,10,15H2,1-3H3. The molecule has 1 unspecified atom stereocenters. The Kier molecular flexibility index (Phi) is 5.62. The summed E-state index contributed by atoms with van der Waals surface area (Å²) in [4.78, 5) is 4.65. The maximum atomic E-state index is 9.98. The number of methoxy groups -OCH3 is 1. The molecule has 0 saturated heterocycles. The van der Waals surface area contributed by atoms with Crippen LogP contribution < -0.4 is 4.74 Å². The van der Waals surface area contributed by atoms with E-state index in [1.165, 1.54) is 0 Å². The van der Waals surface area contributed by atoms with E-state index in [0.29, 0.717) is 18.7 Å². The highest BCUT2D eigenvalue weighted by Gasteiger charge is 2.27. The summed E-state index contributed by atoms with van der Waals surface area (Å²) in [6.45, 7) is 4.02. The van der Waals surface area contributed by atoms with E-state index in [2.05, 4.69) is 30.1 Å². The van der Waals surface area contributed by atoms with Crippen LogP contribution in [0.4, 0.5) is 0 Å². The predicted molar refractivity (Wildman–Crippen MR) is 110 cm³/mol. The molecule has 0 amide bonds. The van der Waals surface area contributed by atoms with Crippen molar-refractivity contribution in [1.82, 2.24) is 4.98 Å². The molecule has 0 aliphatic rings. The Morgan fingerprint density at radius 1 is 1.07 bits per heavy atom. The number of fused-ring (bicyclic) bond motifs is 1. The highest BCUT2D eigenvalue weighted by Crippen LogP contribution is 2.31. The molecule has 1 aromatic heterocycles. The normalized spacial score (nSPS) is 12.8. The lowest BCUT2D eigenvalue weighted by Gasteiger charge is -2.23. The molecule has 0 saturated carbocycles. The lowest BCUT2D eigenvalue weighted by atomic mass is 9.78. The number of ether oxygens (including phenoxy) is 1. The molecule has 0 N–H and O–H groups in total. The van der Waals surface area contributed by atoms with Gasteiger partial charge in [-0.05, 0) is 48.6 Å². The highest BCUT2D eigenvalue weighted by atomic mass is 16.5. The van der Waals surface area contributed by atoms with Gasteiger partial charge in [0, 0.05) is 10.9 Å². The summed E-state index contributed by atoms with van der Waals surface area (Å²) >= 11 is 0. The van der Waals surface area contributed by atoms with Gasteiger partial charge >= 0.3 is 0 Å². The third kappa shape index (κ3) is 3.82. The van der Waals surface area contributed by atoms with E-state index >= 15 is 0 Å². The highest BCUT2D eigenvalue weighted by molar-refractivity contribution is 5.81. The zero-order valence-electron chi connectivity index (χ0n) is 16.5. The van der Waals surface area contributed by atoms with Crippen LogP contribution in [-0.4, -0.2) is 12.1 Å². The fourth-order valence-corrected chi connectivity index (χ4v) is 3.52. The molecule has 1 atom stereocenters. The average Bonchev–Trinajstić information content (AvgIpc) is 2.72. The van der Waals surface area contributed by atoms with E-state index in [1.54, 1.807) is 7.11 Å². The van der Waals surface area contributed by atoms with Crippen molar-refractivity contribution in [2.45, 2.75) is 38.5 Å². The third-order valence-corrected chi connectivity index (χ3v) is 5.15. The van der Waals surface area contributed by atoms with Crippen LogP contribution in [0.25, 0.3) is 10.9 Å². The first-order valence-corrected chi connectivity index (χ1v) is 9.37. The Morgan fingerprint density at radius 2 is 1.86 bits per heavy atom. The zero-order valence-corrected chi connectivity index (χ0v) is 16.5. The summed E-state index contributed by atoms with van der Waals surface area (Å²) in [7, 11) is 1.63. The minimum atomic E-state index is -0.697. The summed E-state index contributed by atoms with van der Waals surface area (Å²) in [5.41, 5.74) is 4.14. The minimum absolute atomic E-state index is 0.372. The van der Waals surface area contributed by atoms with Crippen LogP contribution in [0, 0.1) is 22.7 Å². The van der Waals surface area contributed by atoms with Gasteiger partial charge in [-0.1, -0.05) is 43.3 Å². The Hall–Kier alpha value is -3.37. The maximum absolute atomic E-state index is 9.98. The van der Waals surface area contributed by atoms with Crippen LogP contribution in [0.1, 0.15) is 36.1 Å². The fourth-order valence-electron chi connectivity index (χ4n) is 3.52. The fraction of sp³-hybridized carbons (Fsp3) is 0.292. The predicted octanol–water partition coefficient (Wildman–Crippen LogP) is 4.90. The van der Waals surface area contributed by atoms with Crippen molar-refractivity contribution in [3.05, 3.63) is 70.8 Å². The summed E-state index contributed by atoms with van der Waals surface area (Å²) < 4.78 is 5.43. The summed E-state index contributed by atoms with van der Waals surface area (Å²) in [6, 6.07) is 20.7. The molecule has 3 aromatic rings. The first-order valence-electron chi connectivity index (χ1n) is 9.37. The van der Waals surface area contributed by atoms with E-state index in [4.69, 9.17) is 10.00 Å². The van der Waals surface area contributed by atoms with E-state index in [9.17, 15) is 5.26 Å². The van der Waals surface area contributed by atoms with Crippen molar-refractivity contribution in [2.24, 2.45) is 0 Å². The van der Waals surface area contributed by atoms with Crippen molar-refractivity contribution in [2.75, 3.05) is 7.11 Å². The van der Waals surface area contributed by atoms with Crippen LogP contribution in [-0.2, 0) is 24.7 Å². The van der Waals surface area contributed by atoms with Crippen molar-refractivity contribution < 1.29 is 4.74 Å². The molecule has 4 heteroatoms. The van der Waals surface area contributed by atoms with Crippen molar-refractivity contribution in [3.8, 4) is 18.0 Å². The quantitative estimate of drug-likeness (QED) is 0.620. The largest absolute Gasteiger partial charge is 0.481 e. The van der Waals surface area contributed by atoms with Crippen molar-refractivity contribution in [3.63, 3.8) is 0 Å². The van der Waals surface area contributed by atoms with Gasteiger partial charge in [0.2, 0.25) is 5.88 Å². The number of pyridine rings is 1. The zero-order chi connectivity index (χ0) is 20.1. The number of hydrogen-bond acceptors (Lipinski definition) is 4. The molecule has 28 heavy (non-hydrogen) atoms. The van der Waals surface area contributed by atoms with Crippen LogP contribution in [0.2, 0.25) is 0 Å². The van der Waals surface area contributed by atoms with Gasteiger partial charge in [-0.3, -0.25) is 0 Å². The van der Waals surface area contributed by atoms with Crippen molar-refractivity contribution >= 4 is 10.9 Å². The first-order chi connectivity index (χ1) is 13.5. The SMILES string of the molecule is CCc1cc2ccc(C(C)(C#N)Cc3cccc(CC#N)c3)cc2nc1OC. The Bertz CT molecular complexity index is 1090. The number of aromatic nitrogens is 1. The average molecular weight is 369 g/mol. The molecule has 0 spiro atoms. The molecule has 0 aliphatic carbocycles. The number of hydrogen-bond donors (Lipinski definition) is 0. The molecule has 0 aliphatic heterocycles. The lowest BCUT2D eigenvalue weighted by Crippen LogP contribution is -2.23. The topological polar surface area (TPSA) is 69.7 Å². The van der Waals surface area contributed by atoms with E-state index in [-0.39, 0.29) is 0 Å². The molecule has 2 aromatic carbocycles. The second kappa shape index (κ2) is 8.11. The van der Waals surface area contributed by atoms with Gasteiger partial charge in [-0.2, -0.15) is 10.5 Å². The number of benzene rings is 2. The number of aryl methyl sites for hydroxylation is 1.